The molecule has 1 atom stereocenters. The Bertz CT molecular complexity index is 375. The molecule has 0 saturated carbocycles. The Morgan fingerprint density at radius 2 is 2.29 bits per heavy atom. The van der Waals surface area contributed by atoms with Gasteiger partial charge in [-0.2, -0.15) is 0 Å². The van der Waals surface area contributed by atoms with Crippen molar-refractivity contribution < 1.29 is 0 Å². The number of nitrogens with one attached hydrogen (secondary N) is 1. The van der Waals surface area contributed by atoms with Crippen LogP contribution in [-0.4, -0.2) is 11.5 Å². The van der Waals surface area contributed by atoms with Crippen molar-refractivity contribution >= 4 is 15.9 Å². The Kier molecular flexibility index (Phi) is 6.91. The van der Waals surface area contributed by atoms with Crippen molar-refractivity contribution in [3.8, 4) is 11.8 Å². The molecule has 0 aromatic carbocycles. The standard InChI is InChI=1S/C14H19BrN2/c1-3-5-6-7-13(16-10-4-2)14-9-8-12(15)11-17-14/h8-9,11,13,16H,4,6-7,10H2,1-2H3. The van der Waals surface area contributed by atoms with Gasteiger partial charge in [-0.05, 0) is 54.4 Å². The maximum atomic E-state index is 4.45. The second-order valence-electron chi connectivity index (χ2n) is 3.87. The number of nitrogens with zero attached hydrogens (tertiary/aromatic N) is 1. The fourth-order valence-corrected chi connectivity index (χ4v) is 1.84. The summed E-state index contributed by atoms with van der Waals surface area (Å²) < 4.78 is 1.02. The lowest BCUT2D eigenvalue weighted by Crippen LogP contribution is -2.22. The topological polar surface area (TPSA) is 24.9 Å². The van der Waals surface area contributed by atoms with Gasteiger partial charge in [-0.25, -0.2) is 0 Å². The summed E-state index contributed by atoms with van der Waals surface area (Å²) in [6.07, 6.45) is 4.90. The Hall–Kier alpha value is -0.850. The van der Waals surface area contributed by atoms with E-state index in [4.69, 9.17) is 0 Å². The normalized spacial score (nSPS) is 11.7. The second-order valence-corrected chi connectivity index (χ2v) is 4.79. The van der Waals surface area contributed by atoms with Gasteiger partial charge in [-0.15, -0.1) is 11.8 Å². The Morgan fingerprint density at radius 3 is 2.88 bits per heavy atom. The van der Waals surface area contributed by atoms with Crippen LogP contribution in [-0.2, 0) is 0 Å². The summed E-state index contributed by atoms with van der Waals surface area (Å²) in [5.74, 6) is 6.04. The van der Waals surface area contributed by atoms with Crippen LogP contribution >= 0.6 is 15.9 Å². The predicted octanol–water partition coefficient (Wildman–Crippen LogP) is 3.69. The number of aromatic nitrogens is 1. The molecular formula is C14H19BrN2. The summed E-state index contributed by atoms with van der Waals surface area (Å²) in [5.41, 5.74) is 1.10. The first kappa shape index (κ1) is 14.2. The maximum Gasteiger partial charge on any atom is 0.0574 e. The van der Waals surface area contributed by atoms with Crippen LogP contribution < -0.4 is 5.32 Å². The minimum absolute atomic E-state index is 0.309. The molecular weight excluding hydrogens is 276 g/mol. The number of hydrogen-bond donors (Lipinski definition) is 1. The average molecular weight is 295 g/mol. The van der Waals surface area contributed by atoms with Gasteiger partial charge in [0.1, 0.15) is 0 Å². The van der Waals surface area contributed by atoms with Crippen molar-refractivity contribution in [2.75, 3.05) is 6.54 Å². The molecule has 0 spiro atoms. The smallest absolute Gasteiger partial charge is 0.0574 e. The molecule has 1 N–H and O–H groups in total. The van der Waals surface area contributed by atoms with Gasteiger partial charge in [0.15, 0.2) is 0 Å². The molecule has 1 aromatic heterocycles. The van der Waals surface area contributed by atoms with E-state index in [9.17, 15) is 0 Å². The van der Waals surface area contributed by atoms with Gasteiger partial charge in [0.25, 0.3) is 0 Å². The van der Waals surface area contributed by atoms with Crippen molar-refractivity contribution in [1.29, 1.82) is 0 Å². The van der Waals surface area contributed by atoms with E-state index in [1.165, 1.54) is 0 Å². The van der Waals surface area contributed by atoms with E-state index < -0.39 is 0 Å². The molecule has 0 saturated heterocycles. The minimum atomic E-state index is 0.309. The van der Waals surface area contributed by atoms with E-state index in [1.807, 2.05) is 19.2 Å². The molecule has 0 aliphatic carbocycles. The zero-order valence-electron chi connectivity index (χ0n) is 10.5. The van der Waals surface area contributed by atoms with Crippen LogP contribution in [0.1, 0.15) is 44.8 Å². The highest BCUT2D eigenvalue weighted by atomic mass is 79.9. The molecule has 1 heterocycles. The lowest BCUT2D eigenvalue weighted by atomic mass is 10.1. The zero-order chi connectivity index (χ0) is 12.5. The summed E-state index contributed by atoms with van der Waals surface area (Å²) in [6, 6.07) is 4.41. The summed E-state index contributed by atoms with van der Waals surface area (Å²) in [6.45, 7) is 5.07. The van der Waals surface area contributed by atoms with Gasteiger partial charge >= 0.3 is 0 Å². The van der Waals surface area contributed by atoms with Gasteiger partial charge in [-0.3, -0.25) is 4.98 Å². The highest BCUT2D eigenvalue weighted by Gasteiger charge is 2.10. The molecule has 3 heteroatoms. The van der Waals surface area contributed by atoms with Gasteiger partial charge in [0.05, 0.1) is 11.7 Å². The Morgan fingerprint density at radius 1 is 1.47 bits per heavy atom. The van der Waals surface area contributed by atoms with Crippen LogP contribution in [0.15, 0.2) is 22.8 Å². The van der Waals surface area contributed by atoms with Crippen LogP contribution in [0.5, 0.6) is 0 Å². The molecule has 1 unspecified atom stereocenters. The minimum Gasteiger partial charge on any atom is -0.309 e. The van der Waals surface area contributed by atoms with E-state index in [0.717, 1.165) is 36.0 Å². The highest BCUT2D eigenvalue weighted by molar-refractivity contribution is 9.10. The lowest BCUT2D eigenvalue weighted by Gasteiger charge is -2.16. The first-order valence-corrected chi connectivity index (χ1v) is 6.81. The molecule has 0 aliphatic rings. The number of rotatable bonds is 6. The van der Waals surface area contributed by atoms with Gasteiger partial charge in [0.2, 0.25) is 0 Å². The summed E-state index contributed by atoms with van der Waals surface area (Å²) in [7, 11) is 0. The Balaban J connectivity index is 2.65. The molecule has 1 aromatic rings. The zero-order valence-corrected chi connectivity index (χ0v) is 12.0. The molecule has 17 heavy (non-hydrogen) atoms. The van der Waals surface area contributed by atoms with Crippen molar-refractivity contribution in [1.82, 2.24) is 10.3 Å². The molecule has 0 amide bonds. The monoisotopic (exact) mass is 294 g/mol. The van der Waals surface area contributed by atoms with E-state index in [1.54, 1.807) is 0 Å². The molecule has 0 aliphatic heterocycles. The lowest BCUT2D eigenvalue weighted by molar-refractivity contribution is 0.495. The highest BCUT2D eigenvalue weighted by Crippen LogP contribution is 2.18. The van der Waals surface area contributed by atoms with Crippen LogP contribution in [0.2, 0.25) is 0 Å². The first-order valence-electron chi connectivity index (χ1n) is 6.02. The van der Waals surface area contributed by atoms with Gasteiger partial charge < -0.3 is 5.32 Å². The average Bonchev–Trinajstić information content (AvgIpc) is 2.35. The van der Waals surface area contributed by atoms with Gasteiger partial charge in [-0.1, -0.05) is 6.92 Å². The summed E-state index contributed by atoms with van der Waals surface area (Å²) in [4.78, 5) is 4.45. The fourth-order valence-electron chi connectivity index (χ4n) is 1.61. The van der Waals surface area contributed by atoms with E-state index in [2.05, 4.69) is 51.1 Å². The van der Waals surface area contributed by atoms with E-state index >= 15 is 0 Å². The fraction of sp³-hybridized carbons (Fsp3) is 0.500. The first-order chi connectivity index (χ1) is 8.27. The van der Waals surface area contributed by atoms with Crippen molar-refractivity contribution in [2.45, 2.75) is 39.2 Å². The van der Waals surface area contributed by atoms with E-state index in [-0.39, 0.29) is 0 Å². The molecule has 2 nitrogen and oxygen atoms in total. The number of hydrogen-bond acceptors (Lipinski definition) is 2. The number of pyridine rings is 1. The maximum absolute atomic E-state index is 4.45. The van der Waals surface area contributed by atoms with Crippen molar-refractivity contribution in [3.63, 3.8) is 0 Å². The second kappa shape index (κ2) is 8.27. The van der Waals surface area contributed by atoms with Gasteiger partial charge in [0, 0.05) is 17.1 Å². The SMILES string of the molecule is CC#CCCC(NCCC)c1ccc(Br)cn1. The number of halogens is 1. The van der Waals surface area contributed by atoms with Crippen molar-refractivity contribution in [2.24, 2.45) is 0 Å². The third kappa shape index (κ3) is 5.34. The predicted molar refractivity (Wildman–Crippen MR) is 75.7 cm³/mol. The quantitative estimate of drug-likeness (QED) is 0.810. The largest absolute Gasteiger partial charge is 0.309 e. The molecule has 1 rings (SSSR count). The molecule has 0 bridgehead atoms. The summed E-state index contributed by atoms with van der Waals surface area (Å²) >= 11 is 3.41. The molecule has 92 valence electrons. The van der Waals surface area contributed by atoms with Crippen LogP contribution in [0, 0.1) is 11.8 Å². The molecule has 0 fully saturated rings. The van der Waals surface area contributed by atoms with Crippen LogP contribution in [0.4, 0.5) is 0 Å². The molecule has 0 radical (unpaired) electrons. The third-order valence-corrected chi connectivity index (χ3v) is 2.95. The van der Waals surface area contributed by atoms with Crippen LogP contribution in [0.3, 0.4) is 0 Å². The Labute approximate surface area is 112 Å². The van der Waals surface area contributed by atoms with Crippen LogP contribution in [0.25, 0.3) is 0 Å². The summed E-state index contributed by atoms with van der Waals surface area (Å²) in [5, 5.41) is 3.52. The van der Waals surface area contributed by atoms with E-state index in [0.29, 0.717) is 6.04 Å². The van der Waals surface area contributed by atoms with Crippen molar-refractivity contribution in [3.05, 3.63) is 28.5 Å². The third-order valence-electron chi connectivity index (χ3n) is 2.48.